The van der Waals surface area contributed by atoms with Gasteiger partial charge in [-0.1, -0.05) is 60.7 Å². The predicted octanol–water partition coefficient (Wildman–Crippen LogP) is 2.22. The smallest absolute Gasteiger partial charge is 0.366 e. The summed E-state index contributed by atoms with van der Waals surface area (Å²) in [6.07, 6.45) is -6.18. The average Bonchev–Trinajstić information content (AvgIpc) is 3.62. The molecule has 8 aliphatic rings. The molecule has 3 aliphatic carbocycles. The van der Waals surface area contributed by atoms with Gasteiger partial charge in [0.05, 0.1) is 70.3 Å². The number of carbonyl (C=O) groups excluding carboxylic acids is 3. The molecule has 0 aromatic heterocycles. The minimum Gasteiger partial charge on any atom is -0.468 e. The Kier molecular flexibility index (Phi) is 8.59. The SMILES string of the molecule is COC(=O)[C@@]1(OCc2ccccc2)OC[C@]23[C@@H]1[C@](C)([C@]14O[C@@]1(C)[C@H]1C[C@@H]4O[C@@H]4O[C@H](OC)C[C@@]41OCc1ccccc1)C(=O)[C@@H]1OC[C@](C(=O)OC)([C@H](O)C[C@@H]2O)[C@H]13. The Hall–Kier alpha value is -3.35. The first kappa shape index (κ1) is 38.8. The van der Waals surface area contributed by atoms with Gasteiger partial charge in [0, 0.05) is 37.2 Å². The number of ether oxygens (including phenoxy) is 10. The molecule has 3 saturated carbocycles. The molecule has 0 radical (unpaired) electrons. The number of epoxide rings is 1. The monoisotopic (exact) mass is 806 g/mol. The number of Topliss-reactive ketones (excluding diaryl/α,β-unsaturated/α-hetero) is 1. The number of hydrogen-bond acceptors (Lipinski definition) is 15. The first-order valence-electron chi connectivity index (χ1n) is 20.0. The summed E-state index contributed by atoms with van der Waals surface area (Å²) in [5.74, 6) is -7.57. The fraction of sp³-hybridized carbons (Fsp3) is 0.651. The lowest BCUT2D eigenvalue weighted by Crippen LogP contribution is -2.77. The van der Waals surface area contributed by atoms with Gasteiger partial charge in [-0.2, -0.15) is 0 Å². The van der Waals surface area contributed by atoms with Crippen molar-refractivity contribution in [2.75, 3.05) is 34.5 Å². The van der Waals surface area contributed by atoms with E-state index in [0.717, 1.165) is 5.56 Å². The molecule has 5 saturated heterocycles. The molecule has 2 aromatic rings. The molecule has 0 amide bonds. The zero-order valence-electron chi connectivity index (χ0n) is 33.1. The van der Waals surface area contributed by atoms with Gasteiger partial charge < -0.3 is 57.6 Å². The van der Waals surface area contributed by atoms with Crippen LogP contribution in [0.4, 0.5) is 0 Å². The number of fused-ring (bicyclic) bond motifs is 7. The number of aliphatic hydroxyl groups is 2. The highest BCUT2D eigenvalue weighted by atomic mass is 16.8. The van der Waals surface area contributed by atoms with Crippen LogP contribution in [0.5, 0.6) is 0 Å². The number of hydrogen-bond donors (Lipinski definition) is 2. The minimum absolute atomic E-state index is 0.142. The highest BCUT2D eigenvalue weighted by molar-refractivity contribution is 5.97. The third-order valence-electron chi connectivity index (χ3n) is 15.8. The van der Waals surface area contributed by atoms with E-state index in [9.17, 15) is 19.8 Å². The first-order chi connectivity index (χ1) is 27.8. The average molecular weight is 807 g/mol. The van der Waals surface area contributed by atoms with Gasteiger partial charge >= 0.3 is 11.9 Å². The molecular formula is C43H50O15. The summed E-state index contributed by atoms with van der Waals surface area (Å²) in [5.41, 5.74) is -7.31. The van der Waals surface area contributed by atoms with Crippen molar-refractivity contribution in [2.24, 2.45) is 34.0 Å². The van der Waals surface area contributed by atoms with E-state index in [4.69, 9.17) is 47.4 Å². The van der Waals surface area contributed by atoms with Gasteiger partial charge in [-0.15, -0.1) is 0 Å². The number of ketones is 1. The van der Waals surface area contributed by atoms with Crippen LogP contribution in [0.2, 0.25) is 0 Å². The van der Waals surface area contributed by atoms with E-state index in [-0.39, 0.29) is 32.8 Å². The molecule has 15 nitrogen and oxygen atoms in total. The Morgan fingerprint density at radius 2 is 1.48 bits per heavy atom. The van der Waals surface area contributed by atoms with Crippen molar-refractivity contribution < 1.29 is 72.0 Å². The van der Waals surface area contributed by atoms with Crippen LogP contribution in [0.1, 0.15) is 44.2 Å². The van der Waals surface area contributed by atoms with Crippen molar-refractivity contribution in [3.8, 4) is 0 Å². The second-order valence-corrected chi connectivity index (χ2v) is 17.8. The molecule has 10 rings (SSSR count). The second kappa shape index (κ2) is 12.8. The van der Waals surface area contributed by atoms with E-state index < -0.39 is 111 Å². The highest BCUT2D eigenvalue weighted by Crippen LogP contribution is 2.82. The minimum atomic E-state index is -2.33. The number of methoxy groups -OCH3 is 3. The summed E-state index contributed by atoms with van der Waals surface area (Å²) in [5, 5.41) is 24.3. The van der Waals surface area contributed by atoms with Gasteiger partial charge in [0.1, 0.15) is 28.3 Å². The molecule has 2 N–H and O–H groups in total. The summed E-state index contributed by atoms with van der Waals surface area (Å²) in [6, 6.07) is 18.9. The second-order valence-electron chi connectivity index (χ2n) is 17.8. The topological polar surface area (TPSA) is 187 Å². The van der Waals surface area contributed by atoms with Gasteiger partial charge in [-0.25, -0.2) is 4.79 Å². The van der Waals surface area contributed by atoms with Gasteiger partial charge in [0.15, 0.2) is 18.4 Å². The third kappa shape index (κ3) is 4.40. The molecule has 15 heteroatoms. The number of rotatable bonds is 10. The Morgan fingerprint density at radius 1 is 0.828 bits per heavy atom. The van der Waals surface area contributed by atoms with Crippen molar-refractivity contribution in [1.29, 1.82) is 0 Å². The maximum absolute atomic E-state index is 16.0. The molecule has 1 spiro atoms. The number of carbonyl (C=O) groups is 3. The van der Waals surface area contributed by atoms with Gasteiger partial charge in [-0.3, -0.25) is 9.59 Å². The molecule has 5 heterocycles. The molecule has 312 valence electrons. The van der Waals surface area contributed by atoms with E-state index in [1.807, 2.05) is 67.6 Å². The van der Waals surface area contributed by atoms with Crippen molar-refractivity contribution in [2.45, 2.75) is 106 Å². The van der Waals surface area contributed by atoms with Crippen molar-refractivity contribution in [3.63, 3.8) is 0 Å². The van der Waals surface area contributed by atoms with Crippen LogP contribution in [0.3, 0.4) is 0 Å². The van der Waals surface area contributed by atoms with E-state index in [1.165, 1.54) is 14.2 Å². The molecule has 2 bridgehead atoms. The van der Waals surface area contributed by atoms with Crippen LogP contribution in [-0.4, -0.2) is 122 Å². The Labute approximate surface area is 335 Å². The zero-order valence-corrected chi connectivity index (χ0v) is 33.1. The molecule has 5 aliphatic heterocycles. The largest absolute Gasteiger partial charge is 0.468 e. The van der Waals surface area contributed by atoms with Crippen LogP contribution in [0, 0.1) is 34.0 Å². The van der Waals surface area contributed by atoms with Crippen molar-refractivity contribution >= 4 is 17.7 Å². The van der Waals surface area contributed by atoms with Crippen molar-refractivity contribution in [1.82, 2.24) is 0 Å². The van der Waals surface area contributed by atoms with E-state index >= 15 is 4.79 Å². The van der Waals surface area contributed by atoms with E-state index in [0.29, 0.717) is 18.4 Å². The van der Waals surface area contributed by atoms with Crippen molar-refractivity contribution in [3.05, 3.63) is 71.8 Å². The maximum Gasteiger partial charge on any atom is 0.366 e. The molecule has 58 heavy (non-hydrogen) atoms. The normalized spacial score (nSPS) is 49.1. The number of aliphatic hydroxyl groups excluding tert-OH is 2. The van der Waals surface area contributed by atoms with Gasteiger partial charge in [0.25, 0.3) is 5.79 Å². The molecule has 0 unspecified atom stereocenters. The zero-order chi connectivity index (χ0) is 40.7. The fourth-order valence-corrected chi connectivity index (χ4v) is 13.5. The highest BCUT2D eigenvalue weighted by Gasteiger charge is 2.97. The van der Waals surface area contributed by atoms with Crippen LogP contribution in [-0.2, 0) is 75.0 Å². The molecule has 16 atom stereocenters. The summed E-state index contributed by atoms with van der Waals surface area (Å²) < 4.78 is 63.7. The Bertz CT molecular complexity index is 2000. The summed E-state index contributed by atoms with van der Waals surface area (Å²) in [6.45, 7) is 3.03. The lowest BCUT2D eigenvalue weighted by atomic mass is 9.38. The Morgan fingerprint density at radius 3 is 2.12 bits per heavy atom. The lowest BCUT2D eigenvalue weighted by molar-refractivity contribution is -0.312. The molecule has 8 fully saturated rings. The first-order valence-corrected chi connectivity index (χ1v) is 20.0. The molecule has 2 aromatic carbocycles. The van der Waals surface area contributed by atoms with E-state index in [1.54, 1.807) is 14.0 Å². The summed E-state index contributed by atoms with van der Waals surface area (Å²) in [7, 11) is 3.97. The van der Waals surface area contributed by atoms with Gasteiger partial charge in [0.2, 0.25) is 0 Å². The third-order valence-corrected chi connectivity index (χ3v) is 15.8. The van der Waals surface area contributed by atoms with E-state index in [2.05, 4.69) is 0 Å². The quantitative estimate of drug-likeness (QED) is 0.263. The number of benzene rings is 2. The summed E-state index contributed by atoms with van der Waals surface area (Å²) in [4.78, 5) is 44.7. The lowest BCUT2D eigenvalue weighted by Gasteiger charge is -2.63. The van der Waals surface area contributed by atoms with Crippen LogP contribution < -0.4 is 0 Å². The Balaban J connectivity index is 1.16. The fourth-order valence-electron chi connectivity index (χ4n) is 13.5. The molecular weight excluding hydrogens is 756 g/mol. The number of esters is 2. The van der Waals surface area contributed by atoms with Crippen LogP contribution >= 0.6 is 0 Å². The van der Waals surface area contributed by atoms with Crippen LogP contribution in [0.15, 0.2) is 60.7 Å². The summed E-state index contributed by atoms with van der Waals surface area (Å²) >= 11 is 0. The predicted molar refractivity (Wildman–Crippen MR) is 195 cm³/mol. The standard InChI is InChI=1S/C43H50O15/c1-37(43-28-16-25(38(43,2)58-43)41(18-29(49-3)57-36(41)56-28)53-19-23-12-8-6-9-13-23)32(46)30-31-39(26(44)17-27(45)40(31,21-52-30)34(47)50-4)22-55-42(33(37)39,35(48)51-5)54-20-24-14-10-7-11-15-24/h6-15,25-31,33,36,44-45H,16-22H2,1-5H3/t25-,26+,27-,28+,29+,30-,31-,33+,36-,37-,38+,39+,40+,41+,42+,43+/m1/s1. The maximum atomic E-state index is 16.0. The van der Waals surface area contributed by atoms with Gasteiger partial charge in [-0.05, 0) is 31.4 Å². The van der Waals surface area contributed by atoms with Crippen LogP contribution in [0.25, 0.3) is 0 Å².